The van der Waals surface area contributed by atoms with Gasteiger partial charge in [-0.1, -0.05) is 20.8 Å². The number of carbonyl (C=O) groups excluding carboxylic acids is 1. The highest BCUT2D eigenvalue weighted by Crippen LogP contribution is 2.20. The van der Waals surface area contributed by atoms with E-state index in [0.29, 0.717) is 6.42 Å². The van der Waals surface area contributed by atoms with E-state index >= 15 is 0 Å². The maximum atomic E-state index is 11.5. The van der Waals surface area contributed by atoms with Crippen LogP contribution in [0.15, 0.2) is 24.5 Å². The number of hydrogen-bond acceptors (Lipinski definition) is 2. The van der Waals surface area contributed by atoms with Gasteiger partial charge >= 0.3 is 0 Å². The molecule has 0 aromatic carbocycles. The maximum Gasteiger partial charge on any atom is 0.224 e. The van der Waals surface area contributed by atoms with Crippen molar-refractivity contribution in [3.63, 3.8) is 0 Å². The van der Waals surface area contributed by atoms with Crippen LogP contribution < -0.4 is 5.32 Å². The predicted octanol–water partition coefficient (Wildman–Crippen LogP) is 2.85. The average Bonchev–Trinajstić information content (AvgIpc) is 2.15. The number of hydrogen-bond donors (Lipinski definition) is 1. The fraction of sp³-hybridized carbons (Fsp3) is 0.500. The number of carbonyl (C=O) groups is 1. The molecule has 0 atom stereocenters. The van der Waals surface area contributed by atoms with Gasteiger partial charge in [-0.2, -0.15) is 0 Å². The molecule has 82 valence electrons. The summed E-state index contributed by atoms with van der Waals surface area (Å²) in [4.78, 5) is 15.4. The number of nitrogens with zero attached hydrogens (tertiary/aromatic N) is 1. The van der Waals surface area contributed by atoms with Gasteiger partial charge in [0, 0.05) is 24.5 Å². The van der Waals surface area contributed by atoms with E-state index in [4.69, 9.17) is 0 Å². The molecule has 1 aromatic rings. The second-order valence-electron chi connectivity index (χ2n) is 4.84. The number of rotatable bonds is 3. The van der Waals surface area contributed by atoms with Crippen molar-refractivity contribution in [3.05, 3.63) is 24.5 Å². The monoisotopic (exact) mass is 206 g/mol. The van der Waals surface area contributed by atoms with Gasteiger partial charge < -0.3 is 5.32 Å². The summed E-state index contributed by atoms with van der Waals surface area (Å²) in [6.45, 7) is 6.39. The Hall–Kier alpha value is -1.38. The van der Waals surface area contributed by atoms with Gasteiger partial charge in [-0.15, -0.1) is 0 Å². The van der Waals surface area contributed by atoms with Crippen LogP contribution in [0, 0.1) is 5.41 Å². The van der Waals surface area contributed by atoms with Crippen molar-refractivity contribution in [2.75, 3.05) is 5.32 Å². The van der Waals surface area contributed by atoms with Gasteiger partial charge in [0.15, 0.2) is 0 Å². The SMILES string of the molecule is CC(C)(C)CCC(=O)Nc1ccncc1. The average molecular weight is 206 g/mol. The zero-order valence-corrected chi connectivity index (χ0v) is 9.58. The minimum atomic E-state index is 0.0659. The Morgan fingerprint density at radius 1 is 1.33 bits per heavy atom. The molecule has 0 fully saturated rings. The molecule has 0 bridgehead atoms. The molecule has 0 unspecified atom stereocenters. The van der Waals surface area contributed by atoms with Gasteiger partial charge in [0.25, 0.3) is 0 Å². The fourth-order valence-corrected chi connectivity index (χ4v) is 1.15. The summed E-state index contributed by atoms with van der Waals surface area (Å²) < 4.78 is 0. The molecule has 1 N–H and O–H groups in total. The molecule has 1 aromatic heterocycles. The lowest BCUT2D eigenvalue weighted by atomic mass is 9.90. The zero-order chi connectivity index (χ0) is 11.3. The summed E-state index contributed by atoms with van der Waals surface area (Å²) in [6.07, 6.45) is 4.79. The molecule has 3 heteroatoms. The van der Waals surface area contributed by atoms with Crippen LogP contribution in [0.2, 0.25) is 0 Å². The van der Waals surface area contributed by atoms with Gasteiger partial charge in [0.05, 0.1) is 0 Å². The standard InChI is InChI=1S/C12H18N2O/c1-12(2,3)7-4-11(15)14-10-5-8-13-9-6-10/h5-6,8-9H,4,7H2,1-3H3,(H,13,14,15). The molecular formula is C12H18N2O. The lowest BCUT2D eigenvalue weighted by Crippen LogP contribution is -2.15. The van der Waals surface area contributed by atoms with E-state index in [0.717, 1.165) is 12.1 Å². The van der Waals surface area contributed by atoms with Crippen LogP contribution in [0.4, 0.5) is 5.69 Å². The Balaban J connectivity index is 2.38. The lowest BCUT2D eigenvalue weighted by Gasteiger charge is -2.17. The molecule has 0 saturated heterocycles. The molecule has 0 aliphatic heterocycles. The largest absolute Gasteiger partial charge is 0.326 e. The minimum Gasteiger partial charge on any atom is -0.326 e. The molecule has 0 radical (unpaired) electrons. The molecule has 1 heterocycles. The number of aromatic nitrogens is 1. The van der Waals surface area contributed by atoms with Crippen molar-refractivity contribution >= 4 is 11.6 Å². The summed E-state index contributed by atoms with van der Waals surface area (Å²) in [5.74, 6) is 0.0659. The Labute approximate surface area is 90.9 Å². The summed E-state index contributed by atoms with van der Waals surface area (Å²) in [5.41, 5.74) is 1.01. The lowest BCUT2D eigenvalue weighted by molar-refractivity contribution is -0.116. The quantitative estimate of drug-likeness (QED) is 0.826. The number of pyridine rings is 1. The highest BCUT2D eigenvalue weighted by atomic mass is 16.1. The summed E-state index contributed by atoms with van der Waals surface area (Å²) >= 11 is 0. The van der Waals surface area contributed by atoms with Crippen molar-refractivity contribution in [1.82, 2.24) is 4.98 Å². The maximum absolute atomic E-state index is 11.5. The predicted molar refractivity (Wildman–Crippen MR) is 61.6 cm³/mol. The van der Waals surface area contributed by atoms with Gasteiger partial charge in [0.1, 0.15) is 0 Å². The highest BCUT2D eigenvalue weighted by Gasteiger charge is 2.12. The van der Waals surface area contributed by atoms with Crippen molar-refractivity contribution in [2.45, 2.75) is 33.6 Å². The van der Waals surface area contributed by atoms with Gasteiger partial charge in [-0.05, 0) is 24.0 Å². The van der Waals surface area contributed by atoms with E-state index in [-0.39, 0.29) is 11.3 Å². The molecule has 1 amide bonds. The van der Waals surface area contributed by atoms with E-state index in [1.807, 2.05) is 0 Å². The van der Waals surface area contributed by atoms with Crippen molar-refractivity contribution in [1.29, 1.82) is 0 Å². The Morgan fingerprint density at radius 3 is 2.47 bits per heavy atom. The molecule has 0 saturated carbocycles. The van der Waals surface area contributed by atoms with Crippen LogP contribution in [0.5, 0.6) is 0 Å². The zero-order valence-electron chi connectivity index (χ0n) is 9.58. The molecule has 0 aliphatic rings. The van der Waals surface area contributed by atoms with E-state index < -0.39 is 0 Å². The minimum absolute atomic E-state index is 0.0659. The second kappa shape index (κ2) is 4.91. The third-order valence-corrected chi connectivity index (χ3v) is 2.07. The normalized spacial score (nSPS) is 11.1. The Bertz CT molecular complexity index is 314. The van der Waals surface area contributed by atoms with E-state index in [9.17, 15) is 4.79 Å². The van der Waals surface area contributed by atoms with Gasteiger partial charge in [-0.25, -0.2) is 0 Å². The van der Waals surface area contributed by atoms with Crippen LogP contribution in [0.25, 0.3) is 0 Å². The van der Waals surface area contributed by atoms with Crippen molar-refractivity contribution < 1.29 is 4.79 Å². The first-order chi connectivity index (χ1) is 6.97. The van der Waals surface area contributed by atoms with Crippen LogP contribution >= 0.6 is 0 Å². The van der Waals surface area contributed by atoms with Crippen LogP contribution in [-0.4, -0.2) is 10.9 Å². The van der Waals surface area contributed by atoms with Gasteiger partial charge in [0.2, 0.25) is 5.91 Å². The van der Waals surface area contributed by atoms with Crippen molar-refractivity contribution in [3.8, 4) is 0 Å². The van der Waals surface area contributed by atoms with Crippen LogP contribution in [-0.2, 0) is 4.79 Å². The molecule has 0 aliphatic carbocycles. The first-order valence-electron chi connectivity index (χ1n) is 5.17. The Morgan fingerprint density at radius 2 is 1.93 bits per heavy atom. The van der Waals surface area contributed by atoms with Crippen molar-refractivity contribution in [2.24, 2.45) is 5.41 Å². The fourth-order valence-electron chi connectivity index (χ4n) is 1.15. The summed E-state index contributed by atoms with van der Waals surface area (Å²) in [5, 5.41) is 2.84. The summed E-state index contributed by atoms with van der Waals surface area (Å²) in [6, 6.07) is 3.57. The first-order valence-corrected chi connectivity index (χ1v) is 5.17. The highest BCUT2D eigenvalue weighted by molar-refractivity contribution is 5.90. The third-order valence-electron chi connectivity index (χ3n) is 2.07. The van der Waals surface area contributed by atoms with Crippen LogP contribution in [0.1, 0.15) is 33.6 Å². The smallest absolute Gasteiger partial charge is 0.224 e. The van der Waals surface area contributed by atoms with E-state index in [1.54, 1.807) is 24.5 Å². The number of nitrogens with one attached hydrogen (secondary N) is 1. The first kappa shape index (κ1) is 11.7. The molecule has 0 spiro atoms. The number of anilines is 1. The molecule has 3 nitrogen and oxygen atoms in total. The van der Waals surface area contributed by atoms with Crippen LogP contribution in [0.3, 0.4) is 0 Å². The van der Waals surface area contributed by atoms with E-state index in [1.165, 1.54) is 0 Å². The summed E-state index contributed by atoms with van der Waals surface area (Å²) in [7, 11) is 0. The molecule has 1 rings (SSSR count). The second-order valence-corrected chi connectivity index (χ2v) is 4.84. The van der Waals surface area contributed by atoms with Gasteiger partial charge in [-0.3, -0.25) is 9.78 Å². The third kappa shape index (κ3) is 5.15. The topological polar surface area (TPSA) is 42.0 Å². The Kier molecular flexibility index (Phi) is 3.83. The number of amides is 1. The van der Waals surface area contributed by atoms with E-state index in [2.05, 4.69) is 31.1 Å². The molecular weight excluding hydrogens is 188 g/mol. The molecule has 15 heavy (non-hydrogen) atoms.